The van der Waals surface area contributed by atoms with Gasteiger partial charge >= 0.3 is 5.97 Å². The smallest absolute Gasteiger partial charge is 0.332 e. The molecule has 5 N–H and O–H groups in total. The number of carbonyl (C=O) groups excluding carboxylic acids is 2. The first-order valence-electron chi connectivity index (χ1n) is 11.6. The van der Waals surface area contributed by atoms with E-state index in [1.54, 1.807) is 7.11 Å². The number of carbonyl (C=O) groups is 3. The van der Waals surface area contributed by atoms with E-state index in [1.165, 1.54) is 6.07 Å². The summed E-state index contributed by atoms with van der Waals surface area (Å²) in [6.45, 7) is 0.909. The number of H-pyrrole nitrogens is 1. The summed E-state index contributed by atoms with van der Waals surface area (Å²) in [6.07, 6.45) is -0.900. The van der Waals surface area contributed by atoms with Crippen molar-refractivity contribution in [3.05, 3.63) is 77.6 Å². The predicted octanol–water partition coefficient (Wildman–Crippen LogP) is 2.02. The van der Waals surface area contributed by atoms with Crippen molar-refractivity contribution >= 4 is 17.8 Å². The number of aromatic amines is 1. The Hall–Kier alpha value is -4.02. The Morgan fingerprint density at radius 3 is 2.39 bits per heavy atom. The molecule has 190 valence electrons. The molecular weight excluding hydrogens is 464 g/mol. The summed E-state index contributed by atoms with van der Waals surface area (Å²) in [4.78, 5) is 36.2. The number of aliphatic hydroxyl groups excluding tert-OH is 1. The second-order valence-electron chi connectivity index (χ2n) is 8.30. The number of ether oxygens (including phenoxy) is 1. The molecule has 0 fully saturated rings. The van der Waals surface area contributed by atoms with Crippen molar-refractivity contribution in [3.63, 3.8) is 0 Å². The van der Waals surface area contributed by atoms with Gasteiger partial charge in [-0.3, -0.25) is 14.7 Å². The number of amides is 2. The van der Waals surface area contributed by atoms with E-state index in [1.807, 2.05) is 54.6 Å². The molecule has 0 saturated carbocycles. The van der Waals surface area contributed by atoms with Gasteiger partial charge in [0.1, 0.15) is 5.69 Å². The van der Waals surface area contributed by atoms with Gasteiger partial charge in [-0.1, -0.05) is 54.6 Å². The monoisotopic (exact) mass is 494 g/mol. The van der Waals surface area contributed by atoms with E-state index in [9.17, 15) is 19.5 Å². The van der Waals surface area contributed by atoms with Crippen LogP contribution in [0.25, 0.3) is 11.1 Å². The molecule has 1 heterocycles. The van der Waals surface area contributed by atoms with Crippen molar-refractivity contribution in [3.8, 4) is 11.1 Å². The van der Waals surface area contributed by atoms with E-state index >= 15 is 0 Å². The maximum absolute atomic E-state index is 12.8. The molecule has 36 heavy (non-hydrogen) atoms. The average molecular weight is 495 g/mol. The minimum absolute atomic E-state index is 0.0475. The zero-order valence-electron chi connectivity index (χ0n) is 19.9. The molecule has 0 bridgehead atoms. The molecule has 1 aromatic heterocycles. The lowest BCUT2D eigenvalue weighted by Crippen LogP contribution is -2.40. The van der Waals surface area contributed by atoms with Crippen LogP contribution in [0.1, 0.15) is 39.4 Å². The number of nitrogens with one attached hydrogen (secondary N) is 3. The molecule has 0 aliphatic rings. The fourth-order valence-corrected chi connectivity index (χ4v) is 3.64. The number of hydrogen-bond acceptors (Lipinski definition) is 6. The van der Waals surface area contributed by atoms with Crippen molar-refractivity contribution in [2.75, 3.05) is 20.3 Å². The van der Waals surface area contributed by atoms with Gasteiger partial charge in [-0.25, -0.2) is 4.79 Å². The van der Waals surface area contributed by atoms with Gasteiger partial charge in [0.05, 0.1) is 0 Å². The Morgan fingerprint density at radius 1 is 1.03 bits per heavy atom. The first kappa shape index (κ1) is 26.6. The summed E-state index contributed by atoms with van der Waals surface area (Å²) >= 11 is 0. The van der Waals surface area contributed by atoms with E-state index in [4.69, 9.17) is 9.84 Å². The third-order valence-corrected chi connectivity index (χ3v) is 5.54. The number of rotatable bonds is 13. The number of benzene rings is 2. The normalized spacial score (nSPS) is 12.5. The lowest BCUT2D eigenvalue weighted by molar-refractivity contribution is -0.147. The van der Waals surface area contributed by atoms with Gasteiger partial charge in [0.2, 0.25) is 0 Å². The SMILES string of the molecule is COCCCNC(=O)c1cc(C(=O)N[C@H](Cc2ccc(-c3ccccc3)cc2)C[C@H](O)C(=O)O)[nH]n1. The zero-order valence-corrected chi connectivity index (χ0v) is 19.9. The summed E-state index contributed by atoms with van der Waals surface area (Å²) in [5.41, 5.74) is 3.05. The van der Waals surface area contributed by atoms with Crippen LogP contribution in [0.3, 0.4) is 0 Å². The second-order valence-corrected chi connectivity index (χ2v) is 8.30. The van der Waals surface area contributed by atoms with Gasteiger partial charge in [-0.2, -0.15) is 5.10 Å². The van der Waals surface area contributed by atoms with E-state index in [0.717, 1.165) is 16.7 Å². The highest BCUT2D eigenvalue weighted by molar-refractivity contribution is 5.97. The highest BCUT2D eigenvalue weighted by atomic mass is 16.5. The minimum atomic E-state index is -1.64. The predicted molar refractivity (Wildman–Crippen MR) is 133 cm³/mol. The third kappa shape index (κ3) is 7.76. The number of aromatic nitrogens is 2. The average Bonchev–Trinajstić information content (AvgIpc) is 3.38. The molecule has 2 aromatic carbocycles. The Kier molecular flexibility index (Phi) is 9.73. The van der Waals surface area contributed by atoms with Crippen LogP contribution in [0, 0.1) is 0 Å². The van der Waals surface area contributed by atoms with Crippen molar-refractivity contribution in [1.82, 2.24) is 20.8 Å². The lowest BCUT2D eigenvalue weighted by atomic mass is 9.97. The third-order valence-electron chi connectivity index (χ3n) is 5.54. The molecule has 10 heteroatoms. The van der Waals surface area contributed by atoms with Gasteiger partial charge < -0.3 is 25.6 Å². The molecule has 0 unspecified atom stereocenters. The number of nitrogens with zero attached hydrogens (tertiary/aromatic N) is 1. The number of aliphatic carboxylic acids is 1. The Balaban J connectivity index is 1.66. The van der Waals surface area contributed by atoms with Crippen LogP contribution in [0.2, 0.25) is 0 Å². The first-order chi connectivity index (χ1) is 17.4. The van der Waals surface area contributed by atoms with Gasteiger partial charge in [0.25, 0.3) is 11.8 Å². The maximum Gasteiger partial charge on any atom is 0.332 e. The summed E-state index contributed by atoms with van der Waals surface area (Å²) < 4.78 is 4.93. The molecule has 2 atom stereocenters. The van der Waals surface area contributed by atoms with Crippen molar-refractivity contribution in [1.29, 1.82) is 0 Å². The lowest BCUT2D eigenvalue weighted by Gasteiger charge is -2.20. The molecule has 0 saturated heterocycles. The number of aliphatic hydroxyl groups is 1. The fraction of sp³-hybridized carbons (Fsp3) is 0.308. The molecule has 10 nitrogen and oxygen atoms in total. The largest absolute Gasteiger partial charge is 0.479 e. The van der Waals surface area contributed by atoms with Crippen LogP contribution in [0.15, 0.2) is 60.7 Å². The molecule has 0 spiro atoms. The van der Waals surface area contributed by atoms with Gasteiger partial charge in [0.15, 0.2) is 11.8 Å². The second kappa shape index (κ2) is 13.2. The van der Waals surface area contributed by atoms with E-state index in [-0.39, 0.29) is 17.8 Å². The summed E-state index contributed by atoms with van der Waals surface area (Å²) in [5.74, 6) is -2.37. The zero-order chi connectivity index (χ0) is 25.9. The number of methoxy groups -OCH3 is 1. The van der Waals surface area contributed by atoms with Crippen LogP contribution < -0.4 is 10.6 Å². The van der Waals surface area contributed by atoms with Crippen molar-refractivity contribution in [2.45, 2.75) is 31.4 Å². The molecular formula is C26H30N4O6. The molecule has 0 aliphatic heterocycles. The molecule has 0 aliphatic carbocycles. The number of carboxylic acids is 1. The maximum atomic E-state index is 12.8. The van der Waals surface area contributed by atoms with Crippen molar-refractivity contribution in [2.24, 2.45) is 0 Å². The summed E-state index contributed by atoms with van der Waals surface area (Å²) in [5, 5.41) is 30.9. The topological polar surface area (TPSA) is 154 Å². The standard InChI is InChI=1S/C26H30N4O6/c1-36-13-5-12-27-24(32)21-16-22(30-29-21)25(33)28-20(15-23(31)26(34)35)14-17-8-10-19(11-9-17)18-6-3-2-4-7-18/h2-4,6-11,16,20,23,31H,5,12-15H2,1H3,(H,27,32)(H,28,33)(H,29,30)(H,34,35)/t20-,23+/m1/s1. The highest BCUT2D eigenvalue weighted by Crippen LogP contribution is 2.20. The van der Waals surface area contributed by atoms with Crippen LogP contribution >= 0.6 is 0 Å². The Labute approximate surface area is 208 Å². The number of carboxylic acid groups (broad SMARTS) is 1. The Morgan fingerprint density at radius 2 is 1.72 bits per heavy atom. The highest BCUT2D eigenvalue weighted by Gasteiger charge is 2.24. The van der Waals surface area contributed by atoms with Crippen LogP contribution in [0.4, 0.5) is 0 Å². The summed E-state index contributed by atoms with van der Waals surface area (Å²) in [6, 6.07) is 18.2. The number of hydrogen-bond donors (Lipinski definition) is 5. The molecule has 3 aromatic rings. The first-order valence-corrected chi connectivity index (χ1v) is 11.6. The quantitative estimate of drug-likeness (QED) is 0.228. The fourth-order valence-electron chi connectivity index (χ4n) is 3.64. The van der Waals surface area contributed by atoms with Gasteiger partial charge in [-0.15, -0.1) is 0 Å². The van der Waals surface area contributed by atoms with Gasteiger partial charge in [-0.05, 0) is 29.5 Å². The molecule has 3 rings (SSSR count). The minimum Gasteiger partial charge on any atom is -0.479 e. The Bertz CT molecular complexity index is 1150. The van der Waals surface area contributed by atoms with E-state index in [2.05, 4.69) is 20.8 Å². The van der Waals surface area contributed by atoms with Crippen LogP contribution in [-0.4, -0.2) is 70.6 Å². The van der Waals surface area contributed by atoms with Crippen molar-refractivity contribution < 1.29 is 29.3 Å². The van der Waals surface area contributed by atoms with Crippen LogP contribution in [-0.2, 0) is 16.0 Å². The van der Waals surface area contributed by atoms with Crippen LogP contribution in [0.5, 0.6) is 0 Å². The molecule has 0 radical (unpaired) electrons. The van der Waals surface area contributed by atoms with E-state index in [0.29, 0.717) is 26.0 Å². The molecule has 2 amide bonds. The van der Waals surface area contributed by atoms with E-state index < -0.39 is 29.9 Å². The van der Waals surface area contributed by atoms with Gasteiger partial charge in [0, 0.05) is 38.8 Å². The summed E-state index contributed by atoms with van der Waals surface area (Å²) in [7, 11) is 1.57.